The summed E-state index contributed by atoms with van der Waals surface area (Å²) in [7, 11) is 1.78. The predicted octanol–water partition coefficient (Wildman–Crippen LogP) is 2.61. The highest BCUT2D eigenvalue weighted by molar-refractivity contribution is 9.10. The van der Waals surface area contributed by atoms with Crippen LogP contribution < -0.4 is 10.6 Å². The van der Waals surface area contributed by atoms with Crippen LogP contribution >= 0.6 is 28.1 Å². The molecule has 2 N–H and O–H groups in total. The molecule has 0 saturated carbocycles. The van der Waals surface area contributed by atoms with E-state index in [1.54, 1.807) is 13.2 Å². The van der Waals surface area contributed by atoms with Gasteiger partial charge in [-0.1, -0.05) is 28.1 Å². The highest BCUT2D eigenvalue weighted by Gasteiger charge is 2.01. The number of anilines is 1. The van der Waals surface area contributed by atoms with Gasteiger partial charge in [0.05, 0.1) is 18.4 Å². The Balaban J connectivity index is 2.02. The molecule has 0 radical (unpaired) electrons. The maximum atomic E-state index is 5.03. The molecule has 0 bridgehead atoms. The van der Waals surface area contributed by atoms with Crippen LogP contribution in [0.3, 0.4) is 0 Å². The smallest absolute Gasteiger partial charge is 0.170 e. The topological polar surface area (TPSA) is 41.9 Å². The molecular formula is C12H13BrN4S. The average molecular weight is 325 g/mol. The third-order valence-electron chi connectivity index (χ3n) is 2.38. The van der Waals surface area contributed by atoms with Crippen LogP contribution in [-0.2, 0) is 6.54 Å². The summed E-state index contributed by atoms with van der Waals surface area (Å²) >= 11 is 8.44. The lowest BCUT2D eigenvalue weighted by Crippen LogP contribution is -2.23. The van der Waals surface area contributed by atoms with Crippen LogP contribution in [0.25, 0.3) is 0 Å². The van der Waals surface area contributed by atoms with Gasteiger partial charge in [-0.3, -0.25) is 4.68 Å². The molecule has 18 heavy (non-hydrogen) atoms. The zero-order chi connectivity index (χ0) is 13.0. The van der Waals surface area contributed by atoms with Crippen molar-refractivity contribution in [2.45, 2.75) is 6.54 Å². The molecule has 0 saturated heterocycles. The third-order valence-corrected chi connectivity index (χ3v) is 3.21. The van der Waals surface area contributed by atoms with Crippen LogP contribution in [0.2, 0.25) is 0 Å². The van der Waals surface area contributed by atoms with E-state index in [0.29, 0.717) is 5.11 Å². The number of nitrogens with zero attached hydrogens (tertiary/aromatic N) is 2. The second kappa shape index (κ2) is 5.97. The van der Waals surface area contributed by atoms with Crippen LogP contribution in [0.5, 0.6) is 0 Å². The van der Waals surface area contributed by atoms with Gasteiger partial charge in [-0.15, -0.1) is 0 Å². The van der Waals surface area contributed by atoms with Gasteiger partial charge in [0.1, 0.15) is 0 Å². The van der Waals surface area contributed by atoms with Crippen molar-refractivity contribution in [1.29, 1.82) is 0 Å². The van der Waals surface area contributed by atoms with Crippen molar-refractivity contribution < 1.29 is 0 Å². The lowest BCUT2D eigenvalue weighted by atomic mass is 10.2. The molecule has 0 aliphatic carbocycles. The number of nitrogens with one attached hydrogen (secondary N) is 2. The molecule has 1 heterocycles. The van der Waals surface area contributed by atoms with Gasteiger partial charge in [0.15, 0.2) is 5.11 Å². The molecule has 0 amide bonds. The summed E-state index contributed by atoms with van der Waals surface area (Å²) in [5.41, 5.74) is 2.08. The average Bonchev–Trinajstić information content (AvgIpc) is 2.79. The summed E-state index contributed by atoms with van der Waals surface area (Å²) < 4.78 is 2.94. The van der Waals surface area contributed by atoms with E-state index < -0.39 is 0 Å². The summed E-state index contributed by atoms with van der Waals surface area (Å²) in [4.78, 5) is 0. The molecule has 1 aromatic carbocycles. The molecule has 0 atom stereocenters. The lowest BCUT2D eigenvalue weighted by Gasteiger charge is -2.03. The maximum Gasteiger partial charge on any atom is 0.170 e. The summed E-state index contributed by atoms with van der Waals surface area (Å²) in [6.07, 6.45) is 3.67. The van der Waals surface area contributed by atoms with E-state index in [2.05, 4.69) is 43.8 Å². The van der Waals surface area contributed by atoms with Crippen molar-refractivity contribution in [3.8, 4) is 0 Å². The minimum absolute atomic E-state index is 0.582. The van der Waals surface area contributed by atoms with Gasteiger partial charge in [0, 0.05) is 17.7 Å². The normalized spacial score (nSPS) is 10.1. The molecule has 2 aromatic rings. The summed E-state index contributed by atoms with van der Waals surface area (Å²) in [6.45, 7) is 0.737. The Morgan fingerprint density at radius 1 is 1.39 bits per heavy atom. The predicted molar refractivity (Wildman–Crippen MR) is 80.8 cm³/mol. The second-order valence-electron chi connectivity index (χ2n) is 3.76. The Morgan fingerprint density at radius 2 is 2.11 bits per heavy atom. The number of thiocarbonyl (C=S) groups is 1. The Bertz CT molecular complexity index is 535. The Morgan fingerprint density at radius 3 is 2.78 bits per heavy atom. The summed E-state index contributed by atoms with van der Waals surface area (Å²) in [6, 6.07) is 8.18. The number of rotatable bonds is 3. The van der Waals surface area contributed by atoms with E-state index in [1.807, 2.05) is 23.0 Å². The molecule has 94 valence electrons. The van der Waals surface area contributed by atoms with Crippen molar-refractivity contribution in [3.63, 3.8) is 0 Å². The molecule has 2 rings (SSSR count). The van der Waals surface area contributed by atoms with Gasteiger partial charge in [-0.25, -0.2) is 0 Å². The molecular weight excluding hydrogens is 312 g/mol. The van der Waals surface area contributed by atoms with Crippen molar-refractivity contribution in [2.75, 3.05) is 12.4 Å². The molecule has 0 aliphatic rings. The van der Waals surface area contributed by atoms with Crippen LogP contribution in [0.15, 0.2) is 41.1 Å². The van der Waals surface area contributed by atoms with Crippen LogP contribution in [0, 0.1) is 0 Å². The molecule has 0 aliphatic heterocycles. The minimum atomic E-state index is 0.582. The maximum absolute atomic E-state index is 5.03. The number of halogens is 1. The van der Waals surface area contributed by atoms with Gasteiger partial charge >= 0.3 is 0 Å². The van der Waals surface area contributed by atoms with Gasteiger partial charge in [0.25, 0.3) is 0 Å². The largest absolute Gasteiger partial charge is 0.366 e. The summed E-state index contributed by atoms with van der Waals surface area (Å²) in [5.74, 6) is 0. The van der Waals surface area contributed by atoms with Crippen molar-refractivity contribution in [3.05, 3.63) is 46.7 Å². The molecule has 0 fully saturated rings. The number of hydrogen-bond donors (Lipinski definition) is 2. The number of aromatic nitrogens is 2. The highest BCUT2D eigenvalue weighted by atomic mass is 79.9. The lowest BCUT2D eigenvalue weighted by molar-refractivity contribution is 0.687. The van der Waals surface area contributed by atoms with E-state index in [9.17, 15) is 0 Å². The van der Waals surface area contributed by atoms with Crippen LogP contribution in [-0.4, -0.2) is 21.9 Å². The standard InChI is InChI=1S/C12H13BrN4S/c1-14-12(18)16-11-6-15-17(8-11)7-9-2-4-10(13)5-3-9/h2-6,8H,7H2,1H3,(H2,14,16,18). The van der Waals surface area contributed by atoms with Crippen LogP contribution in [0.4, 0.5) is 5.69 Å². The first-order chi connectivity index (χ1) is 8.67. The molecule has 6 heteroatoms. The quantitative estimate of drug-likeness (QED) is 0.852. The third kappa shape index (κ3) is 3.54. The highest BCUT2D eigenvalue weighted by Crippen LogP contribution is 2.12. The fraction of sp³-hybridized carbons (Fsp3) is 0.167. The van der Waals surface area contributed by atoms with Crippen molar-refractivity contribution in [2.24, 2.45) is 0 Å². The summed E-state index contributed by atoms with van der Waals surface area (Å²) in [5, 5.41) is 10.8. The Labute approximate surface area is 120 Å². The zero-order valence-electron chi connectivity index (χ0n) is 9.85. The SMILES string of the molecule is CNC(=S)Nc1cnn(Cc2ccc(Br)cc2)c1. The van der Waals surface area contributed by atoms with Crippen molar-refractivity contribution in [1.82, 2.24) is 15.1 Å². The Hall–Kier alpha value is -1.40. The molecule has 4 nitrogen and oxygen atoms in total. The van der Waals surface area contributed by atoms with Crippen LogP contribution in [0.1, 0.15) is 5.56 Å². The van der Waals surface area contributed by atoms with E-state index in [0.717, 1.165) is 16.7 Å². The second-order valence-corrected chi connectivity index (χ2v) is 5.08. The van der Waals surface area contributed by atoms with Gasteiger partial charge < -0.3 is 10.6 Å². The molecule has 0 unspecified atom stereocenters. The fourth-order valence-corrected chi connectivity index (χ4v) is 1.87. The first-order valence-corrected chi connectivity index (χ1v) is 6.63. The monoisotopic (exact) mass is 324 g/mol. The van der Waals surface area contributed by atoms with E-state index >= 15 is 0 Å². The van der Waals surface area contributed by atoms with Crippen molar-refractivity contribution >= 4 is 38.9 Å². The van der Waals surface area contributed by atoms with Gasteiger partial charge in [-0.05, 0) is 29.9 Å². The van der Waals surface area contributed by atoms with Gasteiger partial charge in [-0.2, -0.15) is 5.10 Å². The van der Waals surface area contributed by atoms with E-state index in [-0.39, 0.29) is 0 Å². The minimum Gasteiger partial charge on any atom is -0.366 e. The van der Waals surface area contributed by atoms with E-state index in [4.69, 9.17) is 12.2 Å². The zero-order valence-corrected chi connectivity index (χ0v) is 12.3. The number of hydrogen-bond acceptors (Lipinski definition) is 2. The first kappa shape index (κ1) is 13.0. The molecule has 1 aromatic heterocycles. The molecule has 0 spiro atoms. The first-order valence-electron chi connectivity index (χ1n) is 5.43. The van der Waals surface area contributed by atoms with Gasteiger partial charge in [0.2, 0.25) is 0 Å². The van der Waals surface area contributed by atoms with E-state index in [1.165, 1.54) is 5.56 Å². The Kier molecular flexibility index (Phi) is 4.33. The fourth-order valence-electron chi connectivity index (χ4n) is 1.49. The number of benzene rings is 1.